The molecule has 0 unspecified atom stereocenters. The fourth-order valence-corrected chi connectivity index (χ4v) is 2.02. The molecule has 0 heterocycles. The van der Waals surface area contributed by atoms with Crippen LogP contribution < -0.4 is 5.32 Å². The number of carbonyl (C=O) groups excluding carboxylic acids is 1. The lowest BCUT2D eigenvalue weighted by atomic mass is 9.97. The van der Waals surface area contributed by atoms with Gasteiger partial charge in [0.1, 0.15) is 0 Å². The van der Waals surface area contributed by atoms with Crippen LogP contribution in [0.5, 0.6) is 0 Å². The lowest BCUT2D eigenvalue weighted by Gasteiger charge is -2.19. The van der Waals surface area contributed by atoms with Crippen LogP contribution in [0.25, 0.3) is 0 Å². The Kier molecular flexibility index (Phi) is 4.79. The molecule has 21 heavy (non-hydrogen) atoms. The Labute approximate surface area is 127 Å². The van der Waals surface area contributed by atoms with Gasteiger partial charge >= 0.3 is 0 Å². The van der Waals surface area contributed by atoms with Crippen molar-refractivity contribution in [1.82, 2.24) is 0 Å². The molecule has 1 N–H and O–H groups in total. The van der Waals surface area contributed by atoms with Gasteiger partial charge in [-0.25, -0.2) is 0 Å². The Hall–Kier alpha value is -2.09. The molecule has 0 saturated carbocycles. The first-order valence-electron chi connectivity index (χ1n) is 7.35. The Balaban J connectivity index is 1.97. The molecule has 0 aliphatic carbocycles. The maximum Gasteiger partial charge on any atom is 0.167 e. The monoisotopic (exact) mass is 281 g/mol. The van der Waals surface area contributed by atoms with Gasteiger partial charge in [-0.05, 0) is 35.2 Å². The van der Waals surface area contributed by atoms with Crippen LogP contribution in [0.1, 0.15) is 36.7 Å². The first-order chi connectivity index (χ1) is 9.94. The number of Topliss-reactive ketones (excluding diaryl/α,β-unsaturated/α-hetero) is 1. The smallest absolute Gasteiger partial charge is 0.167 e. The number of benzene rings is 2. The van der Waals surface area contributed by atoms with Crippen molar-refractivity contribution in [2.45, 2.75) is 27.2 Å². The van der Waals surface area contributed by atoms with E-state index in [0.717, 1.165) is 23.4 Å². The largest absolute Gasteiger partial charge is 0.385 e. The van der Waals surface area contributed by atoms with Crippen LogP contribution in [0, 0.1) is 5.41 Å². The van der Waals surface area contributed by atoms with Crippen LogP contribution in [0.15, 0.2) is 54.6 Å². The minimum atomic E-state index is 0.156. The summed E-state index contributed by atoms with van der Waals surface area (Å²) in [7, 11) is 0. The molecule has 0 radical (unpaired) electrons. The van der Waals surface area contributed by atoms with Crippen LogP contribution in [0.3, 0.4) is 0 Å². The highest BCUT2D eigenvalue weighted by molar-refractivity contribution is 5.97. The van der Waals surface area contributed by atoms with Crippen molar-refractivity contribution in [1.29, 1.82) is 0 Å². The third-order valence-corrected chi connectivity index (χ3v) is 3.24. The summed E-state index contributed by atoms with van der Waals surface area (Å²) in [5, 5.41) is 3.39. The minimum absolute atomic E-state index is 0.156. The third kappa shape index (κ3) is 5.07. The lowest BCUT2D eigenvalue weighted by molar-refractivity contribution is 0.0993. The van der Waals surface area contributed by atoms with E-state index in [4.69, 9.17) is 0 Å². The standard InChI is InChI=1S/C19H23NO/c1-19(2,3)14-20-17-11-9-16(10-12-17)18(21)13-15-7-5-4-6-8-15/h4-12,20H,13-14H2,1-3H3. The molecule has 0 saturated heterocycles. The normalized spacial score (nSPS) is 11.2. The Bertz CT molecular complexity index is 579. The summed E-state index contributed by atoms with van der Waals surface area (Å²) in [6, 6.07) is 17.6. The molecule has 0 spiro atoms. The second-order valence-corrected chi connectivity index (χ2v) is 6.58. The maximum absolute atomic E-state index is 12.2. The van der Waals surface area contributed by atoms with Crippen LogP contribution in [0.4, 0.5) is 5.69 Å². The van der Waals surface area contributed by atoms with Gasteiger partial charge in [-0.3, -0.25) is 4.79 Å². The number of carbonyl (C=O) groups is 1. The molecule has 2 aromatic carbocycles. The third-order valence-electron chi connectivity index (χ3n) is 3.24. The van der Waals surface area contributed by atoms with E-state index < -0.39 is 0 Å². The van der Waals surface area contributed by atoms with Crippen molar-refractivity contribution in [2.24, 2.45) is 5.41 Å². The van der Waals surface area contributed by atoms with E-state index >= 15 is 0 Å². The van der Waals surface area contributed by atoms with E-state index in [1.165, 1.54) is 0 Å². The van der Waals surface area contributed by atoms with Crippen molar-refractivity contribution in [2.75, 3.05) is 11.9 Å². The predicted octanol–water partition coefficient (Wildman–Crippen LogP) is 4.57. The van der Waals surface area contributed by atoms with E-state index in [1.807, 2.05) is 54.6 Å². The average molecular weight is 281 g/mol. The molecule has 110 valence electrons. The molecule has 2 heteroatoms. The molecule has 2 aromatic rings. The molecule has 0 bridgehead atoms. The molecule has 0 atom stereocenters. The second-order valence-electron chi connectivity index (χ2n) is 6.58. The zero-order chi connectivity index (χ0) is 15.3. The number of anilines is 1. The summed E-state index contributed by atoms with van der Waals surface area (Å²) in [6.07, 6.45) is 0.454. The lowest BCUT2D eigenvalue weighted by Crippen LogP contribution is -2.19. The highest BCUT2D eigenvalue weighted by atomic mass is 16.1. The summed E-state index contributed by atoms with van der Waals surface area (Å²) in [5.41, 5.74) is 3.11. The number of nitrogens with one attached hydrogen (secondary N) is 1. The van der Waals surface area contributed by atoms with Crippen LogP contribution in [0.2, 0.25) is 0 Å². The summed E-state index contributed by atoms with van der Waals surface area (Å²) in [4.78, 5) is 12.2. The number of ketones is 1. The van der Waals surface area contributed by atoms with Crippen molar-refractivity contribution in [3.8, 4) is 0 Å². The average Bonchev–Trinajstić information content (AvgIpc) is 2.46. The van der Waals surface area contributed by atoms with Crippen molar-refractivity contribution in [3.05, 3.63) is 65.7 Å². The molecule has 0 aliphatic heterocycles. The summed E-state index contributed by atoms with van der Waals surface area (Å²) >= 11 is 0. The number of rotatable bonds is 5. The van der Waals surface area contributed by atoms with Crippen molar-refractivity contribution >= 4 is 11.5 Å². The van der Waals surface area contributed by atoms with Gasteiger partial charge in [0.2, 0.25) is 0 Å². The van der Waals surface area contributed by atoms with Gasteiger partial charge in [0.25, 0.3) is 0 Å². The summed E-state index contributed by atoms with van der Waals surface area (Å²) in [5.74, 6) is 0.156. The maximum atomic E-state index is 12.2. The van der Waals surface area contributed by atoms with Crippen LogP contribution >= 0.6 is 0 Å². The van der Waals surface area contributed by atoms with Gasteiger partial charge in [-0.2, -0.15) is 0 Å². The van der Waals surface area contributed by atoms with Crippen LogP contribution in [-0.2, 0) is 6.42 Å². The van der Waals surface area contributed by atoms with Gasteiger partial charge in [-0.1, -0.05) is 51.1 Å². The molecule has 0 amide bonds. The molecule has 0 aromatic heterocycles. The Morgan fingerprint density at radius 3 is 2.14 bits per heavy atom. The zero-order valence-corrected chi connectivity index (χ0v) is 13.0. The van der Waals surface area contributed by atoms with Gasteiger partial charge < -0.3 is 5.32 Å². The van der Waals surface area contributed by atoms with Gasteiger partial charge in [-0.15, -0.1) is 0 Å². The molecular weight excluding hydrogens is 258 g/mol. The Morgan fingerprint density at radius 1 is 0.952 bits per heavy atom. The highest BCUT2D eigenvalue weighted by Gasteiger charge is 2.10. The van der Waals surface area contributed by atoms with Gasteiger partial charge in [0.05, 0.1) is 0 Å². The zero-order valence-electron chi connectivity index (χ0n) is 13.0. The quantitative estimate of drug-likeness (QED) is 0.813. The summed E-state index contributed by atoms with van der Waals surface area (Å²) < 4.78 is 0. The SMILES string of the molecule is CC(C)(C)CNc1ccc(C(=O)Cc2ccccc2)cc1. The van der Waals surface area contributed by atoms with E-state index in [-0.39, 0.29) is 11.2 Å². The summed E-state index contributed by atoms with van der Waals surface area (Å²) in [6.45, 7) is 7.48. The molecule has 2 rings (SSSR count). The molecule has 0 fully saturated rings. The first-order valence-corrected chi connectivity index (χ1v) is 7.35. The van der Waals surface area contributed by atoms with Gasteiger partial charge in [0.15, 0.2) is 5.78 Å². The van der Waals surface area contributed by atoms with Crippen molar-refractivity contribution < 1.29 is 4.79 Å². The van der Waals surface area contributed by atoms with Gasteiger partial charge in [0, 0.05) is 24.2 Å². The minimum Gasteiger partial charge on any atom is -0.385 e. The van der Waals surface area contributed by atoms with Crippen molar-refractivity contribution in [3.63, 3.8) is 0 Å². The number of hydrogen-bond acceptors (Lipinski definition) is 2. The molecule has 2 nitrogen and oxygen atoms in total. The van der Waals surface area contributed by atoms with E-state index in [9.17, 15) is 4.79 Å². The highest BCUT2D eigenvalue weighted by Crippen LogP contribution is 2.17. The van der Waals surface area contributed by atoms with E-state index in [1.54, 1.807) is 0 Å². The molecular formula is C19H23NO. The van der Waals surface area contributed by atoms with Crippen LogP contribution in [-0.4, -0.2) is 12.3 Å². The fraction of sp³-hybridized carbons (Fsp3) is 0.316. The molecule has 0 aliphatic rings. The Morgan fingerprint density at radius 2 is 1.57 bits per heavy atom. The second kappa shape index (κ2) is 6.57. The predicted molar refractivity (Wildman–Crippen MR) is 88.9 cm³/mol. The topological polar surface area (TPSA) is 29.1 Å². The first kappa shape index (κ1) is 15.3. The van der Waals surface area contributed by atoms with E-state index in [2.05, 4.69) is 26.1 Å². The van der Waals surface area contributed by atoms with E-state index in [0.29, 0.717) is 6.42 Å². The number of hydrogen-bond donors (Lipinski definition) is 1. The fourth-order valence-electron chi connectivity index (χ4n) is 2.02.